The number of piperazine rings is 1. The van der Waals surface area contributed by atoms with Gasteiger partial charge in [0.05, 0.1) is 5.71 Å². The Morgan fingerprint density at radius 1 is 1.11 bits per heavy atom. The van der Waals surface area contributed by atoms with Gasteiger partial charge in [-0.1, -0.05) is 41.9 Å². The zero-order valence-corrected chi connectivity index (χ0v) is 16.8. The molecule has 1 saturated heterocycles. The first kappa shape index (κ1) is 20.3. The smallest absolute Gasteiger partial charge is 0.295 e. The maximum Gasteiger partial charge on any atom is 0.295 e. The first-order chi connectivity index (χ1) is 13.5. The number of hydrogen-bond acceptors (Lipinski definition) is 3. The summed E-state index contributed by atoms with van der Waals surface area (Å²) in [5.41, 5.74) is 5.25. The van der Waals surface area contributed by atoms with Crippen LogP contribution in [0.4, 0.5) is 0 Å². The molecule has 1 heterocycles. The molecule has 6 nitrogen and oxygen atoms in total. The summed E-state index contributed by atoms with van der Waals surface area (Å²) in [6.07, 6.45) is 0. The van der Waals surface area contributed by atoms with Gasteiger partial charge >= 0.3 is 0 Å². The SMILES string of the molecule is C/C(=N/NC(=O)C[NH+]1CC[NH+](Cc2ccccc2Cl)CC1)c1cccc(O)c1. The molecule has 0 aromatic heterocycles. The highest BCUT2D eigenvalue weighted by molar-refractivity contribution is 6.31. The van der Waals surface area contributed by atoms with Gasteiger partial charge in [0.15, 0.2) is 6.54 Å². The van der Waals surface area contributed by atoms with Crippen LogP contribution in [-0.4, -0.2) is 49.4 Å². The monoisotopic (exact) mass is 402 g/mol. The van der Waals surface area contributed by atoms with Crippen molar-refractivity contribution in [1.82, 2.24) is 5.43 Å². The van der Waals surface area contributed by atoms with Gasteiger partial charge in [0.1, 0.15) is 38.5 Å². The lowest BCUT2D eigenvalue weighted by atomic mass is 10.1. The van der Waals surface area contributed by atoms with E-state index in [9.17, 15) is 9.90 Å². The number of phenolic OH excluding ortho intramolecular Hbond substituents is 1. The Kier molecular flexibility index (Phi) is 7.03. The molecule has 1 fully saturated rings. The van der Waals surface area contributed by atoms with Crippen LogP contribution in [0.2, 0.25) is 5.02 Å². The van der Waals surface area contributed by atoms with Crippen molar-refractivity contribution in [3.63, 3.8) is 0 Å². The number of amides is 1. The van der Waals surface area contributed by atoms with Crippen molar-refractivity contribution < 1.29 is 19.7 Å². The maximum absolute atomic E-state index is 12.2. The van der Waals surface area contributed by atoms with Gasteiger partial charge < -0.3 is 14.9 Å². The second-order valence-corrected chi connectivity index (χ2v) is 7.63. The Morgan fingerprint density at radius 3 is 2.54 bits per heavy atom. The number of hydrogen-bond donors (Lipinski definition) is 4. The summed E-state index contributed by atoms with van der Waals surface area (Å²) in [6.45, 7) is 7.06. The Labute approximate surface area is 170 Å². The molecule has 0 saturated carbocycles. The molecule has 0 aliphatic carbocycles. The van der Waals surface area contributed by atoms with Crippen molar-refractivity contribution in [3.8, 4) is 5.75 Å². The maximum atomic E-state index is 12.2. The summed E-state index contributed by atoms with van der Waals surface area (Å²) < 4.78 is 0. The molecule has 1 aliphatic heterocycles. The molecule has 4 N–H and O–H groups in total. The van der Waals surface area contributed by atoms with Crippen LogP contribution in [0.15, 0.2) is 53.6 Å². The summed E-state index contributed by atoms with van der Waals surface area (Å²) in [5.74, 6) is 0.0871. The van der Waals surface area contributed by atoms with Gasteiger partial charge in [0.2, 0.25) is 0 Å². The lowest BCUT2D eigenvalue weighted by Gasteiger charge is -2.29. The third-order valence-electron chi connectivity index (χ3n) is 5.09. The molecule has 0 radical (unpaired) electrons. The second-order valence-electron chi connectivity index (χ2n) is 7.23. The predicted octanol–water partition coefficient (Wildman–Crippen LogP) is -0.131. The van der Waals surface area contributed by atoms with E-state index in [1.54, 1.807) is 25.1 Å². The molecule has 148 valence electrons. The molecule has 28 heavy (non-hydrogen) atoms. The summed E-state index contributed by atoms with van der Waals surface area (Å²) in [4.78, 5) is 15.0. The fourth-order valence-electron chi connectivity index (χ4n) is 3.43. The third kappa shape index (κ3) is 5.79. The first-order valence-corrected chi connectivity index (χ1v) is 9.92. The van der Waals surface area contributed by atoms with Crippen LogP contribution in [0.25, 0.3) is 0 Å². The van der Waals surface area contributed by atoms with E-state index in [0.29, 0.717) is 12.3 Å². The number of nitrogens with one attached hydrogen (secondary N) is 3. The van der Waals surface area contributed by atoms with Crippen molar-refractivity contribution in [2.24, 2.45) is 5.10 Å². The normalized spacial score (nSPS) is 20.0. The van der Waals surface area contributed by atoms with Gasteiger partial charge in [0.25, 0.3) is 5.91 Å². The Bertz CT molecular complexity index is 848. The number of halogens is 1. The summed E-state index contributed by atoms with van der Waals surface area (Å²) in [6, 6.07) is 14.8. The van der Waals surface area contributed by atoms with Gasteiger partial charge in [-0.05, 0) is 25.1 Å². The van der Waals surface area contributed by atoms with E-state index in [-0.39, 0.29) is 11.7 Å². The van der Waals surface area contributed by atoms with Crippen LogP contribution >= 0.6 is 11.6 Å². The number of rotatable bonds is 6. The van der Waals surface area contributed by atoms with Crippen LogP contribution < -0.4 is 15.2 Å². The summed E-state index contributed by atoms with van der Waals surface area (Å²) in [5, 5.41) is 14.5. The molecule has 0 bridgehead atoms. The highest BCUT2D eigenvalue weighted by Gasteiger charge is 2.25. The molecular formula is C21H27ClN4O2+2. The van der Waals surface area contributed by atoms with Crippen molar-refractivity contribution in [2.45, 2.75) is 13.5 Å². The molecule has 0 unspecified atom stereocenters. The highest BCUT2D eigenvalue weighted by Crippen LogP contribution is 2.13. The Morgan fingerprint density at radius 2 is 1.82 bits per heavy atom. The molecule has 0 spiro atoms. The van der Waals surface area contributed by atoms with Crippen LogP contribution in [0.3, 0.4) is 0 Å². The number of benzene rings is 2. The van der Waals surface area contributed by atoms with Crippen molar-refractivity contribution in [2.75, 3.05) is 32.7 Å². The van der Waals surface area contributed by atoms with Gasteiger partial charge in [0, 0.05) is 16.1 Å². The number of carbonyl (C=O) groups is 1. The highest BCUT2D eigenvalue weighted by atomic mass is 35.5. The number of nitrogens with zero attached hydrogens (tertiary/aromatic N) is 1. The van der Waals surface area contributed by atoms with Gasteiger partial charge in [-0.2, -0.15) is 5.10 Å². The van der Waals surface area contributed by atoms with Gasteiger partial charge in [-0.3, -0.25) is 4.79 Å². The quantitative estimate of drug-likeness (QED) is 0.401. The molecule has 2 aromatic rings. The minimum atomic E-state index is -0.0935. The van der Waals surface area contributed by atoms with E-state index in [1.807, 2.05) is 24.3 Å². The molecule has 7 heteroatoms. The van der Waals surface area contributed by atoms with E-state index in [1.165, 1.54) is 15.4 Å². The molecule has 1 amide bonds. The standard InChI is InChI=1S/C21H25ClN4O2/c1-16(17-6-4-7-19(27)13-17)23-24-21(28)15-26-11-9-25(10-12-26)14-18-5-2-3-8-20(18)22/h2-8,13,27H,9-12,14-15H2,1H3,(H,24,28)/p+2/b23-16-. The average molecular weight is 403 g/mol. The molecular weight excluding hydrogens is 376 g/mol. The van der Waals surface area contributed by atoms with E-state index < -0.39 is 0 Å². The van der Waals surface area contributed by atoms with E-state index in [0.717, 1.165) is 43.3 Å². The number of hydrazone groups is 1. The van der Waals surface area contributed by atoms with Crippen molar-refractivity contribution in [3.05, 3.63) is 64.7 Å². The van der Waals surface area contributed by atoms with Crippen LogP contribution in [0.5, 0.6) is 5.75 Å². The zero-order chi connectivity index (χ0) is 19.9. The van der Waals surface area contributed by atoms with Crippen molar-refractivity contribution in [1.29, 1.82) is 0 Å². The topological polar surface area (TPSA) is 70.6 Å². The zero-order valence-electron chi connectivity index (χ0n) is 16.0. The van der Waals surface area contributed by atoms with Crippen LogP contribution in [0.1, 0.15) is 18.1 Å². The molecule has 3 rings (SSSR count). The van der Waals surface area contributed by atoms with E-state index >= 15 is 0 Å². The third-order valence-corrected chi connectivity index (χ3v) is 5.45. The largest absolute Gasteiger partial charge is 0.508 e. The minimum absolute atomic E-state index is 0.0935. The minimum Gasteiger partial charge on any atom is -0.508 e. The summed E-state index contributed by atoms with van der Waals surface area (Å²) >= 11 is 6.26. The van der Waals surface area contributed by atoms with Gasteiger partial charge in [-0.25, -0.2) is 5.43 Å². The lowest BCUT2D eigenvalue weighted by molar-refractivity contribution is -1.02. The van der Waals surface area contributed by atoms with Crippen LogP contribution in [-0.2, 0) is 11.3 Å². The van der Waals surface area contributed by atoms with Crippen LogP contribution in [0, 0.1) is 0 Å². The number of phenols is 1. The Hall–Kier alpha value is -2.41. The van der Waals surface area contributed by atoms with Crippen molar-refractivity contribution >= 4 is 23.2 Å². The number of aromatic hydroxyl groups is 1. The Balaban J connectivity index is 1.43. The molecule has 1 aliphatic rings. The van der Waals surface area contributed by atoms with E-state index in [2.05, 4.69) is 16.6 Å². The lowest BCUT2D eigenvalue weighted by Crippen LogP contribution is -3.28. The fraction of sp³-hybridized carbons (Fsp3) is 0.333. The fourth-order valence-corrected chi connectivity index (χ4v) is 3.63. The average Bonchev–Trinajstić information content (AvgIpc) is 2.69. The second kappa shape index (κ2) is 9.68. The first-order valence-electron chi connectivity index (χ1n) is 9.54. The molecule has 2 aromatic carbocycles. The number of quaternary nitrogens is 2. The molecule has 0 atom stereocenters. The predicted molar refractivity (Wildman–Crippen MR) is 110 cm³/mol. The van der Waals surface area contributed by atoms with E-state index in [4.69, 9.17) is 11.6 Å². The van der Waals surface area contributed by atoms with Gasteiger partial charge in [-0.15, -0.1) is 0 Å². The summed E-state index contributed by atoms with van der Waals surface area (Å²) in [7, 11) is 0. The number of carbonyl (C=O) groups excluding carboxylic acids is 1.